The second-order valence-electron chi connectivity index (χ2n) is 5.35. The Bertz CT molecular complexity index is 699. The maximum Gasteiger partial charge on any atom is 0.273 e. The number of amides is 2. The molecule has 0 spiro atoms. The van der Waals surface area contributed by atoms with Crippen molar-refractivity contribution in [3.8, 4) is 0 Å². The largest absolute Gasteiger partial charge is 0.395 e. The summed E-state index contributed by atoms with van der Waals surface area (Å²) in [5.41, 5.74) is 6.82. The third-order valence-electron chi connectivity index (χ3n) is 3.05. The van der Waals surface area contributed by atoms with E-state index in [9.17, 15) is 9.59 Å². The van der Waals surface area contributed by atoms with Crippen molar-refractivity contribution >= 4 is 29.0 Å². The number of nitrogens with one attached hydrogen (secondary N) is 2. The van der Waals surface area contributed by atoms with Gasteiger partial charge in [0.15, 0.2) is 5.69 Å². The third kappa shape index (κ3) is 4.04. The van der Waals surface area contributed by atoms with E-state index in [0.29, 0.717) is 0 Å². The molecule has 2 rings (SSSR count). The maximum atomic E-state index is 12.3. The van der Waals surface area contributed by atoms with E-state index in [4.69, 9.17) is 5.73 Å². The fourth-order valence-electron chi connectivity index (χ4n) is 1.92. The van der Waals surface area contributed by atoms with E-state index < -0.39 is 0 Å². The van der Waals surface area contributed by atoms with E-state index in [0.717, 1.165) is 17.2 Å². The lowest BCUT2D eigenvalue weighted by Gasteiger charge is -2.12. The Kier molecular flexibility index (Phi) is 5.28. The molecule has 0 aliphatic rings. The van der Waals surface area contributed by atoms with Crippen molar-refractivity contribution in [1.29, 1.82) is 0 Å². The van der Waals surface area contributed by atoms with Crippen molar-refractivity contribution < 1.29 is 9.59 Å². The van der Waals surface area contributed by atoms with Gasteiger partial charge in [-0.05, 0) is 44.4 Å². The molecule has 2 aromatic rings. The van der Waals surface area contributed by atoms with Crippen molar-refractivity contribution in [2.45, 2.75) is 32.9 Å². The fraction of sp³-hybridized carbons (Fsp3) is 0.333. The summed E-state index contributed by atoms with van der Waals surface area (Å²) >= 11 is 0.909. The molecule has 122 valence electrons. The van der Waals surface area contributed by atoms with E-state index in [1.807, 2.05) is 32.9 Å². The SMILES string of the molecule is CC(C)NC(=O)c1nsc(C(=O)N[C@@H](C)c2ccccn2)c1N. The van der Waals surface area contributed by atoms with Gasteiger partial charge in [-0.3, -0.25) is 14.6 Å². The van der Waals surface area contributed by atoms with E-state index in [-0.39, 0.29) is 40.2 Å². The molecule has 0 radical (unpaired) electrons. The van der Waals surface area contributed by atoms with Crippen LogP contribution in [0.5, 0.6) is 0 Å². The Labute approximate surface area is 138 Å². The minimum Gasteiger partial charge on any atom is -0.395 e. The van der Waals surface area contributed by atoms with E-state index in [1.54, 1.807) is 12.3 Å². The summed E-state index contributed by atoms with van der Waals surface area (Å²) in [5, 5.41) is 5.51. The molecule has 0 bridgehead atoms. The van der Waals surface area contributed by atoms with Crippen LogP contribution < -0.4 is 16.4 Å². The minimum absolute atomic E-state index is 0.0370. The van der Waals surface area contributed by atoms with Gasteiger partial charge in [-0.1, -0.05) is 6.07 Å². The van der Waals surface area contributed by atoms with Crippen LogP contribution in [0.15, 0.2) is 24.4 Å². The molecule has 8 heteroatoms. The Morgan fingerprint density at radius 2 is 1.91 bits per heavy atom. The third-order valence-corrected chi connectivity index (χ3v) is 3.91. The van der Waals surface area contributed by atoms with Gasteiger partial charge in [0.2, 0.25) is 0 Å². The normalized spacial score (nSPS) is 12.0. The summed E-state index contributed by atoms with van der Waals surface area (Å²) in [7, 11) is 0. The second kappa shape index (κ2) is 7.19. The number of rotatable bonds is 5. The topological polar surface area (TPSA) is 110 Å². The molecule has 0 aromatic carbocycles. The highest BCUT2D eigenvalue weighted by molar-refractivity contribution is 7.09. The predicted molar refractivity (Wildman–Crippen MR) is 89.2 cm³/mol. The van der Waals surface area contributed by atoms with Crippen LogP contribution in [0.1, 0.15) is 52.7 Å². The van der Waals surface area contributed by atoms with Crippen LogP contribution in [0, 0.1) is 0 Å². The summed E-state index contributed by atoms with van der Waals surface area (Å²) in [4.78, 5) is 28.7. The molecule has 0 aliphatic carbocycles. The average Bonchev–Trinajstić information content (AvgIpc) is 2.89. The number of nitrogens with two attached hydrogens (primary N) is 1. The van der Waals surface area contributed by atoms with Crippen molar-refractivity contribution in [1.82, 2.24) is 20.0 Å². The molecule has 2 aromatic heterocycles. The molecular formula is C15H19N5O2S. The highest BCUT2D eigenvalue weighted by atomic mass is 32.1. The first-order valence-corrected chi connectivity index (χ1v) is 7.95. The van der Waals surface area contributed by atoms with Crippen molar-refractivity contribution in [3.63, 3.8) is 0 Å². The molecule has 23 heavy (non-hydrogen) atoms. The van der Waals surface area contributed by atoms with Crippen molar-refractivity contribution in [2.24, 2.45) is 0 Å². The second-order valence-corrected chi connectivity index (χ2v) is 6.13. The molecular weight excluding hydrogens is 314 g/mol. The van der Waals surface area contributed by atoms with Crippen molar-refractivity contribution in [2.75, 3.05) is 5.73 Å². The molecule has 0 aliphatic heterocycles. The van der Waals surface area contributed by atoms with Crippen LogP contribution >= 0.6 is 11.5 Å². The molecule has 0 saturated carbocycles. The van der Waals surface area contributed by atoms with Crippen LogP contribution in [0.25, 0.3) is 0 Å². The lowest BCUT2D eigenvalue weighted by Crippen LogP contribution is -2.31. The van der Waals surface area contributed by atoms with Crippen molar-refractivity contribution in [3.05, 3.63) is 40.7 Å². The maximum absolute atomic E-state index is 12.3. The monoisotopic (exact) mass is 333 g/mol. The zero-order chi connectivity index (χ0) is 17.0. The smallest absolute Gasteiger partial charge is 0.273 e. The average molecular weight is 333 g/mol. The van der Waals surface area contributed by atoms with Gasteiger partial charge in [0, 0.05) is 12.2 Å². The van der Waals surface area contributed by atoms with Gasteiger partial charge in [-0.15, -0.1) is 0 Å². The van der Waals surface area contributed by atoms with Crippen LogP contribution in [0.2, 0.25) is 0 Å². The molecule has 2 heterocycles. The van der Waals surface area contributed by atoms with Crippen LogP contribution in [0.4, 0.5) is 5.69 Å². The molecule has 0 saturated heterocycles. The first kappa shape index (κ1) is 16.9. The summed E-state index contributed by atoms with van der Waals surface area (Å²) < 4.78 is 4.00. The quantitative estimate of drug-likeness (QED) is 0.772. The van der Waals surface area contributed by atoms with Gasteiger partial charge in [-0.2, -0.15) is 4.37 Å². The number of aromatic nitrogens is 2. The lowest BCUT2D eigenvalue weighted by molar-refractivity contribution is 0.0938. The van der Waals surface area contributed by atoms with Gasteiger partial charge >= 0.3 is 0 Å². The standard InChI is InChI=1S/C15H19N5O2S/c1-8(2)18-14(21)12-11(16)13(23-20-12)15(22)19-9(3)10-6-4-5-7-17-10/h4-9H,16H2,1-3H3,(H,18,21)(H,19,22)/t9-/m0/s1. The minimum atomic E-state index is -0.384. The van der Waals surface area contributed by atoms with Gasteiger partial charge in [0.1, 0.15) is 4.88 Å². The highest BCUT2D eigenvalue weighted by Gasteiger charge is 2.23. The fourth-order valence-corrected chi connectivity index (χ4v) is 2.62. The predicted octanol–water partition coefficient (Wildman–Crippen LogP) is 1.75. The van der Waals surface area contributed by atoms with E-state index >= 15 is 0 Å². The molecule has 2 amide bonds. The number of nitrogens with zero attached hydrogens (tertiary/aromatic N) is 2. The van der Waals surface area contributed by atoms with Crippen LogP contribution in [-0.4, -0.2) is 27.2 Å². The Morgan fingerprint density at radius 3 is 2.52 bits per heavy atom. The molecule has 0 fully saturated rings. The zero-order valence-electron chi connectivity index (χ0n) is 13.2. The summed E-state index contributed by atoms with van der Waals surface area (Å²) in [6.07, 6.45) is 1.66. The molecule has 7 nitrogen and oxygen atoms in total. The summed E-state index contributed by atoms with van der Waals surface area (Å²) in [6.45, 7) is 5.50. The molecule has 0 unspecified atom stereocenters. The Morgan fingerprint density at radius 1 is 1.17 bits per heavy atom. The summed E-state index contributed by atoms with van der Waals surface area (Å²) in [6, 6.07) is 5.16. The molecule has 1 atom stereocenters. The van der Waals surface area contributed by atoms with E-state index in [1.165, 1.54) is 0 Å². The number of pyridine rings is 1. The lowest BCUT2D eigenvalue weighted by atomic mass is 10.2. The highest BCUT2D eigenvalue weighted by Crippen LogP contribution is 2.22. The first-order valence-electron chi connectivity index (χ1n) is 7.18. The number of carbonyl (C=O) groups excluding carboxylic acids is 2. The van der Waals surface area contributed by atoms with Gasteiger partial charge in [-0.25, -0.2) is 0 Å². The first-order chi connectivity index (χ1) is 10.9. The number of nitrogen functional groups attached to an aromatic ring is 1. The zero-order valence-corrected chi connectivity index (χ0v) is 14.0. The van der Waals surface area contributed by atoms with Gasteiger partial charge in [0.25, 0.3) is 11.8 Å². The number of hydrogen-bond acceptors (Lipinski definition) is 6. The van der Waals surface area contributed by atoms with E-state index in [2.05, 4.69) is 20.0 Å². The summed E-state index contributed by atoms with van der Waals surface area (Å²) in [5.74, 6) is -0.757. The number of anilines is 1. The molecule has 4 N–H and O–H groups in total. The Balaban J connectivity index is 2.11. The van der Waals surface area contributed by atoms with Crippen LogP contribution in [0.3, 0.4) is 0 Å². The Hall–Kier alpha value is -2.48. The van der Waals surface area contributed by atoms with Crippen LogP contribution in [-0.2, 0) is 0 Å². The van der Waals surface area contributed by atoms with Gasteiger partial charge < -0.3 is 16.4 Å². The number of hydrogen-bond donors (Lipinski definition) is 3. The number of carbonyl (C=O) groups is 2. The van der Waals surface area contributed by atoms with Gasteiger partial charge in [0.05, 0.1) is 17.4 Å².